The van der Waals surface area contributed by atoms with E-state index in [1.165, 1.54) is 5.56 Å². The zero-order valence-electron chi connectivity index (χ0n) is 11.7. The zero-order valence-corrected chi connectivity index (χ0v) is 14.1. The van der Waals surface area contributed by atoms with Gasteiger partial charge < -0.3 is 9.73 Å². The number of hydrogen-bond acceptors (Lipinski definition) is 2. The minimum Gasteiger partial charge on any atom is -0.458 e. The highest BCUT2D eigenvalue weighted by molar-refractivity contribution is 9.10. The van der Waals surface area contributed by atoms with Gasteiger partial charge in [-0.1, -0.05) is 55.2 Å². The molecule has 0 radical (unpaired) electrons. The van der Waals surface area contributed by atoms with Crippen LogP contribution >= 0.6 is 27.5 Å². The lowest BCUT2D eigenvalue weighted by atomic mass is 9.84. The molecule has 1 N–H and O–H groups in total. The van der Waals surface area contributed by atoms with E-state index in [9.17, 15) is 0 Å². The van der Waals surface area contributed by atoms with E-state index in [1.807, 2.05) is 12.1 Å². The highest BCUT2D eigenvalue weighted by atomic mass is 79.9. The summed E-state index contributed by atoms with van der Waals surface area (Å²) in [6, 6.07) is 3.84. The third-order valence-electron chi connectivity index (χ3n) is 3.10. The van der Waals surface area contributed by atoms with E-state index in [0.29, 0.717) is 5.02 Å². The summed E-state index contributed by atoms with van der Waals surface area (Å²) in [5.41, 5.74) is 2.00. The molecule has 0 aliphatic heterocycles. The summed E-state index contributed by atoms with van der Waals surface area (Å²) in [7, 11) is 0. The lowest BCUT2D eigenvalue weighted by Crippen LogP contribution is -2.18. The van der Waals surface area contributed by atoms with Crippen LogP contribution in [0.1, 0.15) is 39.0 Å². The summed E-state index contributed by atoms with van der Waals surface area (Å²) in [6.45, 7) is 10.3. The van der Waals surface area contributed by atoms with Crippen LogP contribution in [0.5, 0.6) is 0 Å². The molecule has 0 atom stereocenters. The normalized spacial score (nSPS) is 12.3. The third kappa shape index (κ3) is 2.83. The van der Waals surface area contributed by atoms with Crippen molar-refractivity contribution in [2.24, 2.45) is 0 Å². The Morgan fingerprint density at radius 3 is 2.58 bits per heavy atom. The van der Waals surface area contributed by atoms with Crippen molar-refractivity contribution in [2.75, 3.05) is 6.54 Å². The molecule has 2 aromatic rings. The Morgan fingerprint density at radius 1 is 1.32 bits per heavy atom. The maximum absolute atomic E-state index is 6.26. The van der Waals surface area contributed by atoms with E-state index < -0.39 is 0 Å². The molecule has 1 aromatic carbocycles. The Morgan fingerprint density at radius 2 is 2.00 bits per heavy atom. The first kappa shape index (κ1) is 14.9. The molecule has 2 nitrogen and oxygen atoms in total. The van der Waals surface area contributed by atoms with Crippen molar-refractivity contribution in [1.29, 1.82) is 0 Å². The molecule has 0 saturated carbocycles. The standard InChI is InChI=1S/C15H19BrClNO/c1-5-18-8-11-13(15(2,3)4)12-9(16)6-7-10(17)14(12)19-11/h6-7,18H,5,8H2,1-4H3. The maximum atomic E-state index is 6.26. The first-order valence-electron chi connectivity index (χ1n) is 6.46. The van der Waals surface area contributed by atoms with Crippen LogP contribution in [0.2, 0.25) is 5.02 Å². The fourth-order valence-electron chi connectivity index (χ4n) is 2.34. The number of hydrogen-bond donors (Lipinski definition) is 1. The summed E-state index contributed by atoms with van der Waals surface area (Å²) >= 11 is 9.88. The van der Waals surface area contributed by atoms with Crippen LogP contribution in [-0.2, 0) is 12.0 Å². The smallest absolute Gasteiger partial charge is 0.154 e. The number of nitrogens with one attached hydrogen (secondary N) is 1. The molecule has 0 unspecified atom stereocenters. The van der Waals surface area contributed by atoms with Gasteiger partial charge in [0, 0.05) is 15.4 Å². The maximum Gasteiger partial charge on any atom is 0.154 e. The van der Waals surface area contributed by atoms with Gasteiger partial charge in [0.2, 0.25) is 0 Å². The van der Waals surface area contributed by atoms with Crippen LogP contribution in [0.4, 0.5) is 0 Å². The van der Waals surface area contributed by atoms with E-state index >= 15 is 0 Å². The first-order valence-corrected chi connectivity index (χ1v) is 7.64. The van der Waals surface area contributed by atoms with Crippen LogP contribution in [0.15, 0.2) is 21.0 Å². The van der Waals surface area contributed by atoms with Gasteiger partial charge in [-0.15, -0.1) is 0 Å². The van der Waals surface area contributed by atoms with Gasteiger partial charge in [0.15, 0.2) is 5.58 Å². The number of halogens is 2. The molecular formula is C15H19BrClNO. The summed E-state index contributed by atoms with van der Waals surface area (Å²) < 4.78 is 7.05. The molecule has 0 amide bonds. The highest BCUT2D eigenvalue weighted by Crippen LogP contribution is 2.41. The largest absolute Gasteiger partial charge is 0.458 e. The number of furan rings is 1. The lowest BCUT2D eigenvalue weighted by Gasteiger charge is -2.19. The predicted octanol–water partition coefficient (Wildman–Crippen LogP) is 5.26. The van der Waals surface area contributed by atoms with Crippen LogP contribution in [-0.4, -0.2) is 6.54 Å². The molecule has 1 aromatic heterocycles. The summed E-state index contributed by atoms with van der Waals surface area (Å²) in [6.07, 6.45) is 0. The zero-order chi connectivity index (χ0) is 14.2. The van der Waals surface area contributed by atoms with E-state index in [1.54, 1.807) is 0 Å². The average Bonchev–Trinajstić information content (AvgIpc) is 2.71. The van der Waals surface area contributed by atoms with E-state index in [0.717, 1.165) is 34.3 Å². The van der Waals surface area contributed by atoms with Crippen molar-refractivity contribution >= 4 is 38.5 Å². The van der Waals surface area contributed by atoms with Gasteiger partial charge in [-0.25, -0.2) is 0 Å². The van der Waals surface area contributed by atoms with E-state index in [-0.39, 0.29) is 5.41 Å². The molecular weight excluding hydrogens is 326 g/mol. The van der Waals surface area contributed by atoms with Crippen LogP contribution in [0, 0.1) is 0 Å². The highest BCUT2D eigenvalue weighted by Gasteiger charge is 2.27. The van der Waals surface area contributed by atoms with Gasteiger partial charge in [0.1, 0.15) is 5.76 Å². The second-order valence-electron chi connectivity index (χ2n) is 5.66. The minimum atomic E-state index is 0.00318. The van der Waals surface area contributed by atoms with Crippen LogP contribution in [0.25, 0.3) is 11.0 Å². The van der Waals surface area contributed by atoms with Crippen molar-refractivity contribution in [3.05, 3.63) is 33.0 Å². The number of fused-ring (bicyclic) bond motifs is 1. The fraction of sp³-hybridized carbons (Fsp3) is 0.467. The Hall–Kier alpha value is -0.510. The lowest BCUT2D eigenvalue weighted by molar-refractivity contribution is 0.487. The summed E-state index contributed by atoms with van der Waals surface area (Å²) in [5, 5.41) is 5.07. The van der Waals surface area contributed by atoms with Gasteiger partial charge >= 0.3 is 0 Å². The summed E-state index contributed by atoms with van der Waals surface area (Å²) in [4.78, 5) is 0. The van der Waals surface area contributed by atoms with Gasteiger partial charge in [0.25, 0.3) is 0 Å². The Balaban J connectivity index is 2.74. The molecule has 0 fully saturated rings. The predicted molar refractivity (Wildman–Crippen MR) is 85.0 cm³/mol. The van der Waals surface area contributed by atoms with Gasteiger partial charge in [-0.05, 0) is 24.1 Å². The van der Waals surface area contributed by atoms with Crippen LogP contribution in [0.3, 0.4) is 0 Å². The number of rotatable bonds is 3. The molecule has 4 heteroatoms. The molecule has 0 saturated heterocycles. The molecule has 2 rings (SSSR count). The molecule has 0 spiro atoms. The molecule has 0 aliphatic carbocycles. The van der Waals surface area contributed by atoms with Crippen molar-refractivity contribution in [3.63, 3.8) is 0 Å². The van der Waals surface area contributed by atoms with Crippen molar-refractivity contribution < 1.29 is 4.42 Å². The fourth-order valence-corrected chi connectivity index (χ4v) is 3.04. The minimum absolute atomic E-state index is 0.00318. The molecule has 19 heavy (non-hydrogen) atoms. The molecule has 104 valence electrons. The van der Waals surface area contributed by atoms with Crippen LogP contribution < -0.4 is 5.32 Å². The summed E-state index contributed by atoms with van der Waals surface area (Å²) in [5.74, 6) is 0.971. The van der Waals surface area contributed by atoms with Crippen molar-refractivity contribution in [3.8, 4) is 0 Å². The quantitative estimate of drug-likeness (QED) is 0.822. The third-order valence-corrected chi connectivity index (χ3v) is 4.06. The van der Waals surface area contributed by atoms with Crippen molar-refractivity contribution in [2.45, 2.75) is 39.7 Å². The number of benzene rings is 1. The SMILES string of the molecule is CCNCc1oc2c(Cl)ccc(Br)c2c1C(C)(C)C. The van der Waals surface area contributed by atoms with E-state index in [4.69, 9.17) is 16.0 Å². The average molecular weight is 345 g/mol. The molecule has 0 bridgehead atoms. The monoisotopic (exact) mass is 343 g/mol. The molecule has 0 aliphatic rings. The Bertz CT molecular complexity index is 598. The van der Waals surface area contributed by atoms with Gasteiger partial charge in [0.05, 0.1) is 11.6 Å². The second kappa shape index (κ2) is 5.47. The Kier molecular flexibility index (Phi) is 4.29. The topological polar surface area (TPSA) is 25.2 Å². The second-order valence-corrected chi connectivity index (χ2v) is 6.93. The van der Waals surface area contributed by atoms with E-state index in [2.05, 4.69) is 48.9 Å². The first-order chi connectivity index (χ1) is 8.86. The van der Waals surface area contributed by atoms with Gasteiger partial charge in [-0.3, -0.25) is 0 Å². The molecule has 1 heterocycles. The van der Waals surface area contributed by atoms with Gasteiger partial charge in [-0.2, -0.15) is 0 Å². The van der Waals surface area contributed by atoms with Crippen molar-refractivity contribution in [1.82, 2.24) is 5.32 Å². The Labute approximate surface area is 127 Å².